The summed E-state index contributed by atoms with van der Waals surface area (Å²) in [5.74, 6) is 3.40. The Balaban J connectivity index is 2.52. The summed E-state index contributed by atoms with van der Waals surface area (Å²) < 4.78 is 2.05. The molecule has 3 heteroatoms. The minimum Gasteiger partial charge on any atom is -0.323 e. The van der Waals surface area contributed by atoms with E-state index in [9.17, 15) is 0 Å². The number of terminal acetylenes is 1. The molecule has 1 N–H and O–H groups in total. The zero-order chi connectivity index (χ0) is 11.8. The number of allylic oxidation sites excluding steroid dienone is 1. The molecule has 82 valence electrons. The van der Waals surface area contributed by atoms with Gasteiger partial charge in [0.25, 0.3) is 0 Å². The van der Waals surface area contributed by atoms with Gasteiger partial charge in [0.1, 0.15) is 5.69 Å². The Labute approximate surface area is 98.8 Å². The van der Waals surface area contributed by atoms with Gasteiger partial charge in [-0.1, -0.05) is 18.2 Å². The molecule has 0 bridgehead atoms. The van der Waals surface area contributed by atoms with E-state index in [1.54, 1.807) is 0 Å². The van der Waals surface area contributed by atoms with Crippen LogP contribution in [0.5, 0.6) is 0 Å². The van der Waals surface area contributed by atoms with E-state index < -0.39 is 0 Å². The number of para-hydroxylation sites is 2. The van der Waals surface area contributed by atoms with Gasteiger partial charge in [0.2, 0.25) is 5.78 Å². The molecular formula is C14H11N3. The van der Waals surface area contributed by atoms with Crippen LogP contribution in [0.25, 0.3) is 22.9 Å². The van der Waals surface area contributed by atoms with Crippen molar-refractivity contribution in [1.82, 2.24) is 14.4 Å². The maximum absolute atomic E-state index is 5.47. The third-order valence-electron chi connectivity index (χ3n) is 2.77. The largest absolute Gasteiger partial charge is 0.323 e. The molecule has 17 heavy (non-hydrogen) atoms. The van der Waals surface area contributed by atoms with Gasteiger partial charge >= 0.3 is 0 Å². The number of rotatable bonds is 1. The van der Waals surface area contributed by atoms with Crippen molar-refractivity contribution in [2.24, 2.45) is 0 Å². The summed E-state index contributed by atoms with van der Waals surface area (Å²) in [6.45, 7) is 1.97. The number of nitrogens with zero attached hydrogens (tertiary/aromatic N) is 2. The normalized spacial score (nSPS) is 11.5. The standard InChI is InChI=1S/C14H11N3/c1-3-7-12-10(4-2)15-14-16-11-8-5-6-9-13(11)17(12)14/h2-3,5-9H,1H3,(H,15,16)/b7-3-. The first-order valence-electron chi connectivity index (χ1n) is 5.43. The summed E-state index contributed by atoms with van der Waals surface area (Å²) in [7, 11) is 0. The maximum atomic E-state index is 5.47. The summed E-state index contributed by atoms with van der Waals surface area (Å²) in [6.07, 6.45) is 9.42. The number of H-pyrrole nitrogens is 1. The fourth-order valence-corrected chi connectivity index (χ4v) is 2.07. The molecule has 3 aromatic rings. The summed E-state index contributed by atoms with van der Waals surface area (Å²) >= 11 is 0. The molecule has 0 spiro atoms. The third kappa shape index (κ3) is 1.28. The highest BCUT2D eigenvalue weighted by atomic mass is 15.1. The van der Waals surface area contributed by atoms with E-state index in [4.69, 9.17) is 6.42 Å². The molecule has 0 fully saturated rings. The van der Waals surface area contributed by atoms with Crippen LogP contribution in [0.1, 0.15) is 18.3 Å². The molecule has 2 aromatic heterocycles. The summed E-state index contributed by atoms with van der Waals surface area (Å²) in [4.78, 5) is 7.66. The fourth-order valence-electron chi connectivity index (χ4n) is 2.07. The Morgan fingerprint density at radius 1 is 1.41 bits per heavy atom. The average molecular weight is 221 g/mol. The first-order chi connectivity index (χ1) is 8.35. The molecule has 0 saturated carbocycles. The van der Waals surface area contributed by atoms with Crippen molar-refractivity contribution in [3.8, 4) is 12.3 Å². The molecule has 3 rings (SSSR count). The van der Waals surface area contributed by atoms with E-state index in [1.165, 1.54) is 0 Å². The first-order valence-corrected chi connectivity index (χ1v) is 5.43. The molecule has 2 heterocycles. The van der Waals surface area contributed by atoms with Crippen LogP contribution in [0.4, 0.5) is 0 Å². The van der Waals surface area contributed by atoms with Crippen LogP contribution in [0.3, 0.4) is 0 Å². The average Bonchev–Trinajstić information content (AvgIpc) is 2.86. The van der Waals surface area contributed by atoms with Gasteiger partial charge in [0.15, 0.2) is 0 Å². The van der Waals surface area contributed by atoms with Crippen molar-refractivity contribution in [3.05, 3.63) is 41.7 Å². The summed E-state index contributed by atoms with van der Waals surface area (Å²) in [6, 6.07) is 8.08. The van der Waals surface area contributed by atoms with Gasteiger partial charge in [0.05, 0.1) is 16.7 Å². The Kier molecular flexibility index (Phi) is 2.02. The van der Waals surface area contributed by atoms with Gasteiger partial charge in [0, 0.05) is 0 Å². The van der Waals surface area contributed by atoms with Gasteiger partial charge in [-0.05, 0) is 31.1 Å². The highest BCUT2D eigenvalue weighted by Gasteiger charge is 2.12. The maximum Gasteiger partial charge on any atom is 0.213 e. The second-order valence-corrected chi connectivity index (χ2v) is 3.79. The lowest BCUT2D eigenvalue weighted by molar-refractivity contribution is 1.23. The van der Waals surface area contributed by atoms with Crippen LogP contribution in [-0.2, 0) is 0 Å². The van der Waals surface area contributed by atoms with Crippen molar-refractivity contribution >= 4 is 22.9 Å². The molecule has 0 saturated heterocycles. The number of nitrogens with one attached hydrogen (secondary N) is 1. The fraction of sp³-hybridized carbons (Fsp3) is 0.0714. The highest BCUT2D eigenvalue weighted by molar-refractivity contribution is 5.82. The second-order valence-electron chi connectivity index (χ2n) is 3.79. The number of hydrogen-bond acceptors (Lipinski definition) is 1. The van der Waals surface area contributed by atoms with Crippen molar-refractivity contribution in [2.75, 3.05) is 0 Å². The van der Waals surface area contributed by atoms with Crippen LogP contribution in [0, 0.1) is 12.3 Å². The zero-order valence-electron chi connectivity index (χ0n) is 9.44. The van der Waals surface area contributed by atoms with Crippen LogP contribution in [0.2, 0.25) is 0 Å². The van der Waals surface area contributed by atoms with Crippen molar-refractivity contribution in [3.63, 3.8) is 0 Å². The molecule has 0 atom stereocenters. The predicted octanol–water partition coefficient (Wildman–Crippen LogP) is 2.83. The number of hydrogen-bond donors (Lipinski definition) is 1. The van der Waals surface area contributed by atoms with Crippen molar-refractivity contribution < 1.29 is 0 Å². The molecular weight excluding hydrogens is 210 g/mol. The Morgan fingerprint density at radius 3 is 3.00 bits per heavy atom. The van der Waals surface area contributed by atoms with Crippen LogP contribution < -0.4 is 0 Å². The van der Waals surface area contributed by atoms with Crippen molar-refractivity contribution in [2.45, 2.75) is 6.92 Å². The molecule has 3 nitrogen and oxygen atoms in total. The SMILES string of the molecule is C#Cc1nc2[nH]c3ccccc3n2c1/C=C\C. The van der Waals surface area contributed by atoms with E-state index in [0.717, 1.165) is 22.5 Å². The minimum absolute atomic E-state index is 0.667. The monoisotopic (exact) mass is 221 g/mol. The zero-order valence-corrected chi connectivity index (χ0v) is 9.44. The van der Waals surface area contributed by atoms with E-state index in [2.05, 4.69) is 15.9 Å². The molecule has 0 unspecified atom stereocenters. The quantitative estimate of drug-likeness (QED) is 0.630. The topological polar surface area (TPSA) is 33.1 Å². The van der Waals surface area contributed by atoms with Gasteiger partial charge < -0.3 is 4.98 Å². The van der Waals surface area contributed by atoms with E-state index in [-0.39, 0.29) is 0 Å². The first kappa shape index (κ1) is 9.73. The third-order valence-corrected chi connectivity index (χ3v) is 2.77. The van der Waals surface area contributed by atoms with Crippen molar-refractivity contribution in [1.29, 1.82) is 0 Å². The molecule has 1 aromatic carbocycles. The predicted molar refractivity (Wildman–Crippen MR) is 69.7 cm³/mol. The molecule has 0 aliphatic carbocycles. The van der Waals surface area contributed by atoms with Crippen LogP contribution in [0.15, 0.2) is 30.3 Å². The van der Waals surface area contributed by atoms with Gasteiger partial charge in [-0.3, -0.25) is 4.40 Å². The molecule has 0 aliphatic rings. The lowest BCUT2D eigenvalue weighted by Gasteiger charge is -1.94. The van der Waals surface area contributed by atoms with Crippen LogP contribution in [-0.4, -0.2) is 14.4 Å². The van der Waals surface area contributed by atoms with Crippen LogP contribution >= 0.6 is 0 Å². The number of imidazole rings is 2. The number of fused-ring (bicyclic) bond motifs is 3. The minimum atomic E-state index is 0.667. The second kappa shape index (κ2) is 3.53. The van der Waals surface area contributed by atoms with E-state index in [1.807, 2.05) is 47.7 Å². The number of benzene rings is 1. The highest BCUT2D eigenvalue weighted by Crippen LogP contribution is 2.21. The lowest BCUT2D eigenvalue weighted by atomic mass is 10.3. The van der Waals surface area contributed by atoms with E-state index in [0.29, 0.717) is 5.69 Å². The lowest BCUT2D eigenvalue weighted by Crippen LogP contribution is -1.86. The van der Waals surface area contributed by atoms with Gasteiger partial charge in [-0.2, -0.15) is 0 Å². The smallest absolute Gasteiger partial charge is 0.213 e. The van der Waals surface area contributed by atoms with E-state index >= 15 is 0 Å². The number of aromatic amines is 1. The molecule has 0 radical (unpaired) electrons. The van der Waals surface area contributed by atoms with Gasteiger partial charge in [-0.25, -0.2) is 4.98 Å². The summed E-state index contributed by atoms with van der Waals surface area (Å²) in [5, 5.41) is 0. The number of aromatic nitrogens is 3. The Hall–Kier alpha value is -2.47. The van der Waals surface area contributed by atoms with Gasteiger partial charge in [-0.15, -0.1) is 6.42 Å². The summed E-state index contributed by atoms with van der Waals surface area (Å²) in [5.41, 5.74) is 3.76. The molecule has 0 amide bonds. The Morgan fingerprint density at radius 2 is 2.24 bits per heavy atom. The Bertz CT molecular complexity index is 766. The molecule has 0 aliphatic heterocycles.